The number of nitrogens with zero attached hydrogens (tertiary/aromatic N) is 3. The first-order valence-electron chi connectivity index (χ1n) is 6.64. The standard InChI is InChI=1S/C13H20N4O3/c1-7(2)10-11(18)15-13(4,5)12(19)17(10)6-9-14-8(3)20-16-9/h7,10H,6H2,1-5H3,(H,15,18). The second kappa shape index (κ2) is 4.88. The van der Waals surface area contributed by atoms with Gasteiger partial charge in [0.15, 0.2) is 5.82 Å². The monoisotopic (exact) mass is 280 g/mol. The summed E-state index contributed by atoms with van der Waals surface area (Å²) in [7, 11) is 0. The zero-order chi connectivity index (χ0) is 15.1. The molecule has 20 heavy (non-hydrogen) atoms. The Morgan fingerprint density at radius 3 is 2.55 bits per heavy atom. The maximum Gasteiger partial charge on any atom is 0.248 e. The van der Waals surface area contributed by atoms with Crippen molar-refractivity contribution in [3.63, 3.8) is 0 Å². The molecule has 0 aromatic carbocycles. The maximum absolute atomic E-state index is 12.5. The molecule has 1 N–H and O–H groups in total. The number of carbonyl (C=O) groups is 2. The number of aryl methyl sites for hydroxylation is 1. The minimum absolute atomic E-state index is 0.00282. The Kier molecular flexibility index (Phi) is 3.54. The van der Waals surface area contributed by atoms with Crippen molar-refractivity contribution >= 4 is 11.8 Å². The molecule has 0 saturated carbocycles. The fraction of sp³-hybridized carbons (Fsp3) is 0.692. The van der Waals surface area contributed by atoms with Crippen molar-refractivity contribution in [2.75, 3.05) is 0 Å². The van der Waals surface area contributed by atoms with E-state index in [4.69, 9.17) is 4.52 Å². The highest BCUT2D eigenvalue weighted by Gasteiger charge is 2.46. The van der Waals surface area contributed by atoms with Crippen molar-refractivity contribution in [3.05, 3.63) is 11.7 Å². The van der Waals surface area contributed by atoms with Gasteiger partial charge in [-0.05, 0) is 19.8 Å². The van der Waals surface area contributed by atoms with E-state index in [1.54, 1.807) is 20.8 Å². The Morgan fingerprint density at radius 2 is 2.05 bits per heavy atom. The summed E-state index contributed by atoms with van der Waals surface area (Å²) in [6.07, 6.45) is 0. The van der Waals surface area contributed by atoms with Crippen molar-refractivity contribution in [1.82, 2.24) is 20.4 Å². The SMILES string of the molecule is Cc1nc(CN2C(=O)C(C)(C)NC(=O)C2C(C)C)no1. The first-order chi connectivity index (χ1) is 9.22. The number of rotatable bonds is 3. The second-order valence-electron chi connectivity index (χ2n) is 5.97. The van der Waals surface area contributed by atoms with E-state index in [1.165, 1.54) is 4.90 Å². The van der Waals surface area contributed by atoms with Gasteiger partial charge in [-0.1, -0.05) is 19.0 Å². The lowest BCUT2D eigenvalue weighted by Gasteiger charge is -2.43. The molecule has 110 valence electrons. The van der Waals surface area contributed by atoms with Crippen LogP contribution in [-0.4, -0.2) is 38.4 Å². The van der Waals surface area contributed by atoms with Crippen LogP contribution >= 0.6 is 0 Å². The summed E-state index contributed by atoms with van der Waals surface area (Å²) >= 11 is 0. The quantitative estimate of drug-likeness (QED) is 0.877. The number of piperazine rings is 1. The Hall–Kier alpha value is -1.92. The normalized spacial score (nSPS) is 22.3. The number of hydrogen-bond donors (Lipinski definition) is 1. The molecule has 7 nitrogen and oxygen atoms in total. The summed E-state index contributed by atoms with van der Waals surface area (Å²) in [4.78, 5) is 30.4. The largest absolute Gasteiger partial charge is 0.340 e. The van der Waals surface area contributed by atoms with Crippen molar-refractivity contribution in [2.45, 2.75) is 52.7 Å². The third-order valence-corrected chi connectivity index (χ3v) is 3.35. The number of carbonyl (C=O) groups excluding carboxylic acids is 2. The highest BCUT2D eigenvalue weighted by Crippen LogP contribution is 2.24. The summed E-state index contributed by atoms with van der Waals surface area (Å²) < 4.78 is 4.92. The Balaban J connectivity index is 2.32. The second-order valence-corrected chi connectivity index (χ2v) is 5.97. The van der Waals surface area contributed by atoms with Crippen LogP contribution < -0.4 is 5.32 Å². The van der Waals surface area contributed by atoms with Crippen LogP contribution in [0.15, 0.2) is 4.52 Å². The van der Waals surface area contributed by atoms with Crippen LogP contribution in [0.1, 0.15) is 39.4 Å². The molecule has 2 heterocycles. The van der Waals surface area contributed by atoms with Crippen molar-refractivity contribution in [2.24, 2.45) is 5.92 Å². The van der Waals surface area contributed by atoms with Crippen LogP contribution in [0.4, 0.5) is 0 Å². The number of amides is 2. The summed E-state index contributed by atoms with van der Waals surface area (Å²) in [5.41, 5.74) is -0.915. The highest BCUT2D eigenvalue weighted by atomic mass is 16.5. The number of hydrogen-bond acceptors (Lipinski definition) is 5. The van der Waals surface area contributed by atoms with Gasteiger partial charge in [0.2, 0.25) is 17.7 Å². The van der Waals surface area contributed by atoms with Crippen LogP contribution in [-0.2, 0) is 16.1 Å². The lowest BCUT2D eigenvalue weighted by atomic mass is 9.91. The van der Waals surface area contributed by atoms with Gasteiger partial charge in [0.1, 0.15) is 11.6 Å². The minimum Gasteiger partial charge on any atom is -0.340 e. The van der Waals surface area contributed by atoms with E-state index in [2.05, 4.69) is 15.5 Å². The van der Waals surface area contributed by atoms with E-state index in [9.17, 15) is 9.59 Å². The van der Waals surface area contributed by atoms with Gasteiger partial charge in [-0.2, -0.15) is 4.98 Å². The summed E-state index contributed by atoms with van der Waals surface area (Å²) in [5, 5.41) is 6.56. The van der Waals surface area contributed by atoms with Crippen LogP contribution in [0.2, 0.25) is 0 Å². The summed E-state index contributed by atoms with van der Waals surface area (Å²) in [6, 6.07) is -0.519. The predicted octanol–water partition coefficient (Wildman–Crippen LogP) is 0.640. The third kappa shape index (κ3) is 2.52. The number of nitrogens with one attached hydrogen (secondary N) is 1. The molecule has 7 heteroatoms. The molecule has 2 rings (SSSR count). The van der Waals surface area contributed by atoms with Gasteiger partial charge in [0, 0.05) is 6.92 Å². The topological polar surface area (TPSA) is 88.3 Å². The van der Waals surface area contributed by atoms with E-state index in [1.807, 2.05) is 13.8 Å². The molecule has 2 amide bonds. The van der Waals surface area contributed by atoms with Gasteiger partial charge in [-0.15, -0.1) is 0 Å². The van der Waals surface area contributed by atoms with Gasteiger partial charge in [-0.25, -0.2) is 0 Å². The first kappa shape index (κ1) is 14.5. The van der Waals surface area contributed by atoms with E-state index in [0.717, 1.165) is 0 Å². The van der Waals surface area contributed by atoms with Gasteiger partial charge in [0.25, 0.3) is 0 Å². The number of aromatic nitrogens is 2. The zero-order valence-electron chi connectivity index (χ0n) is 12.4. The maximum atomic E-state index is 12.5. The van der Waals surface area contributed by atoms with Crippen molar-refractivity contribution < 1.29 is 14.1 Å². The smallest absolute Gasteiger partial charge is 0.248 e. The molecule has 1 aliphatic rings. The van der Waals surface area contributed by atoms with Crippen molar-refractivity contribution in [1.29, 1.82) is 0 Å². The average Bonchev–Trinajstić information content (AvgIpc) is 2.70. The molecular weight excluding hydrogens is 260 g/mol. The van der Waals surface area contributed by atoms with Gasteiger partial charge >= 0.3 is 0 Å². The van der Waals surface area contributed by atoms with E-state index >= 15 is 0 Å². The van der Waals surface area contributed by atoms with Crippen LogP contribution in [0.5, 0.6) is 0 Å². The lowest BCUT2D eigenvalue weighted by molar-refractivity contribution is -0.156. The van der Waals surface area contributed by atoms with Gasteiger partial charge < -0.3 is 14.7 Å². The molecular formula is C13H20N4O3. The first-order valence-corrected chi connectivity index (χ1v) is 6.64. The Bertz CT molecular complexity index is 535. The fourth-order valence-corrected chi connectivity index (χ4v) is 2.45. The highest BCUT2D eigenvalue weighted by molar-refractivity contribution is 5.99. The molecule has 0 aliphatic carbocycles. The average molecular weight is 280 g/mol. The van der Waals surface area contributed by atoms with E-state index in [0.29, 0.717) is 11.7 Å². The Labute approximate surface area is 117 Å². The molecule has 1 aliphatic heterocycles. The zero-order valence-corrected chi connectivity index (χ0v) is 12.4. The molecule has 1 aromatic heterocycles. The molecule has 1 atom stereocenters. The van der Waals surface area contributed by atoms with Crippen LogP contribution in [0.25, 0.3) is 0 Å². The predicted molar refractivity (Wildman–Crippen MR) is 70.4 cm³/mol. The van der Waals surface area contributed by atoms with E-state index in [-0.39, 0.29) is 24.3 Å². The van der Waals surface area contributed by atoms with Crippen LogP contribution in [0.3, 0.4) is 0 Å². The van der Waals surface area contributed by atoms with Crippen LogP contribution in [0, 0.1) is 12.8 Å². The van der Waals surface area contributed by atoms with Gasteiger partial charge in [-0.3, -0.25) is 9.59 Å². The third-order valence-electron chi connectivity index (χ3n) is 3.35. The molecule has 0 radical (unpaired) electrons. The molecule has 0 bridgehead atoms. The lowest BCUT2D eigenvalue weighted by Crippen LogP contribution is -2.68. The minimum atomic E-state index is -0.915. The Morgan fingerprint density at radius 1 is 1.40 bits per heavy atom. The summed E-state index contributed by atoms with van der Waals surface area (Å²) in [6.45, 7) is 9.06. The van der Waals surface area contributed by atoms with Gasteiger partial charge in [0.05, 0.1) is 6.54 Å². The van der Waals surface area contributed by atoms with Crippen molar-refractivity contribution in [3.8, 4) is 0 Å². The molecule has 1 aromatic rings. The molecule has 1 saturated heterocycles. The fourth-order valence-electron chi connectivity index (χ4n) is 2.45. The molecule has 0 spiro atoms. The van der Waals surface area contributed by atoms with E-state index < -0.39 is 11.6 Å². The summed E-state index contributed by atoms with van der Waals surface area (Å²) in [5.74, 6) is 0.562. The molecule has 1 unspecified atom stereocenters. The molecule has 1 fully saturated rings.